The predicted molar refractivity (Wildman–Crippen MR) is 126 cm³/mol. The van der Waals surface area contributed by atoms with Gasteiger partial charge in [0.1, 0.15) is 5.75 Å². The van der Waals surface area contributed by atoms with E-state index < -0.39 is 0 Å². The normalized spacial score (nSPS) is 15.9. The highest BCUT2D eigenvalue weighted by molar-refractivity contribution is 14.0. The highest BCUT2D eigenvalue weighted by atomic mass is 127. The first kappa shape index (κ1) is 24.0. The number of rotatable bonds is 9. The number of ether oxygens (including phenoxy) is 1. The van der Waals surface area contributed by atoms with Crippen molar-refractivity contribution in [2.24, 2.45) is 10.9 Å². The molecule has 1 saturated heterocycles. The number of nitrogens with zero attached hydrogens (tertiary/aromatic N) is 2. The molecule has 2 N–H and O–H groups in total. The van der Waals surface area contributed by atoms with Gasteiger partial charge in [-0.25, -0.2) is 0 Å². The zero-order chi connectivity index (χ0) is 18.6. The summed E-state index contributed by atoms with van der Waals surface area (Å²) in [7, 11) is 1.70. The van der Waals surface area contributed by atoms with E-state index >= 15 is 0 Å². The van der Waals surface area contributed by atoms with Crippen LogP contribution < -0.4 is 15.4 Å². The molecule has 27 heavy (non-hydrogen) atoms. The number of hydrogen-bond donors (Lipinski definition) is 2. The van der Waals surface area contributed by atoms with Crippen molar-refractivity contribution in [3.63, 3.8) is 0 Å². The van der Waals surface area contributed by atoms with Crippen molar-refractivity contribution in [2.75, 3.05) is 46.4 Å². The summed E-state index contributed by atoms with van der Waals surface area (Å²) in [5.41, 5.74) is 1.30. The standard InChI is InChI=1S/C21H36N4O.HI/c1-4-14-25-15-11-19(12-16-25)17-24-21(22-5-2)23-13-10-18-6-8-20(26-3)9-7-18;/h6-9,19H,4-5,10-17H2,1-3H3,(H2,22,23,24);1H. The zero-order valence-corrected chi connectivity index (χ0v) is 19.5. The molecule has 2 rings (SSSR count). The molecule has 154 valence electrons. The number of likely N-dealkylation sites (tertiary alicyclic amines) is 1. The second-order valence-corrected chi connectivity index (χ2v) is 7.03. The van der Waals surface area contributed by atoms with Crippen molar-refractivity contribution in [2.45, 2.75) is 39.5 Å². The molecule has 0 unspecified atom stereocenters. The second kappa shape index (κ2) is 14.0. The van der Waals surface area contributed by atoms with Crippen LogP contribution in [0.25, 0.3) is 0 Å². The lowest BCUT2D eigenvalue weighted by Gasteiger charge is -2.31. The Bertz CT molecular complexity index is 527. The average molecular weight is 488 g/mol. The third kappa shape index (κ3) is 9.14. The van der Waals surface area contributed by atoms with E-state index in [4.69, 9.17) is 9.73 Å². The minimum atomic E-state index is 0. The van der Waals surface area contributed by atoms with E-state index in [1.54, 1.807) is 7.11 Å². The fourth-order valence-electron chi connectivity index (χ4n) is 3.39. The van der Waals surface area contributed by atoms with Crippen molar-refractivity contribution in [3.8, 4) is 5.75 Å². The molecule has 0 aromatic heterocycles. The Balaban J connectivity index is 0.00000364. The predicted octanol–water partition coefficient (Wildman–Crippen LogP) is 3.53. The van der Waals surface area contributed by atoms with E-state index in [0.717, 1.165) is 43.7 Å². The first-order valence-electron chi connectivity index (χ1n) is 10.1. The number of hydrogen-bond acceptors (Lipinski definition) is 3. The van der Waals surface area contributed by atoms with Gasteiger partial charge in [-0.15, -0.1) is 24.0 Å². The maximum Gasteiger partial charge on any atom is 0.191 e. The van der Waals surface area contributed by atoms with Crippen molar-refractivity contribution in [3.05, 3.63) is 29.8 Å². The van der Waals surface area contributed by atoms with Gasteiger partial charge in [-0.2, -0.15) is 0 Å². The first-order chi connectivity index (χ1) is 12.7. The minimum absolute atomic E-state index is 0. The van der Waals surface area contributed by atoms with Crippen LogP contribution in [0.15, 0.2) is 29.3 Å². The van der Waals surface area contributed by atoms with E-state index in [1.165, 1.54) is 44.5 Å². The average Bonchev–Trinajstić information content (AvgIpc) is 2.68. The number of methoxy groups -OCH3 is 1. The van der Waals surface area contributed by atoms with Crippen LogP contribution in [0.5, 0.6) is 5.75 Å². The number of guanidine groups is 1. The Morgan fingerprint density at radius 2 is 1.85 bits per heavy atom. The Hall–Kier alpha value is -1.02. The molecule has 0 radical (unpaired) electrons. The topological polar surface area (TPSA) is 48.9 Å². The van der Waals surface area contributed by atoms with Gasteiger partial charge in [-0.1, -0.05) is 19.1 Å². The molecule has 1 heterocycles. The molecule has 0 spiro atoms. The molecule has 0 amide bonds. The molecule has 1 aromatic rings. The van der Waals surface area contributed by atoms with Crippen LogP contribution in [0, 0.1) is 5.92 Å². The van der Waals surface area contributed by atoms with Crippen LogP contribution in [0.4, 0.5) is 0 Å². The van der Waals surface area contributed by atoms with E-state index in [0.29, 0.717) is 0 Å². The van der Waals surface area contributed by atoms with E-state index in [-0.39, 0.29) is 24.0 Å². The van der Waals surface area contributed by atoms with Gasteiger partial charge in [0.2, 0.25) is 0 Å². The van der Waals surface area contributed by atoms with E-state index in [2.05, 4.69) is 41.5 Å². The molecule has 0 bridgehead atoms. The van der Waals surface area contributed by atoms with Crippen LogP contribution in [-0.4, -0.2) is 57.2 Å². The molecule has 1 aliphatic heterocycles. The van der Waals surface area contributed by atoms with Crippen molar-refractivity contribution in [1.82, 2.24) is 15.5 Å². The SMILES string of the molecule is CCCN1CCC(CN=C(NCC)NCCc2ccc(OC)cc2)CC1.I. The van der Waals surface area contributed by atoms with Crippen molar-refractivity contribution >= 4 is 29.9 Å². The van der Waals surface area contributed by atoms with Gasteiger partial charge in [0.25, 0.3) is 0 Å². The fourth-order valence-corrected chi connectivity index (χ4v) is 3.39. The lowest BCUT2D eigenvalue weighted by Crippen LogP contribution is -2.39. The summed E-state index contributed by atoms with van der Waals surface area (Å²) >= 11 is 0. The molecule has 1 fully saturated rings. The smallest absolute Gasteiger partial charge is 0.191 e. The number of halogens is 1. The summed E-state index contributed by atoms with van der Waals surface area (Å²) < 4.78 is 5.21. The zero-order valence-electron chi connectivity index (χ0n) is 17.2. The molecule has 5 nitrogen and oxygen atoms in total. The lowest BCUT2D eigenvalue weighted by atomic mass is 9.97. The molecule has 1 aromatic carbocycles. The highest BCUT2D eigenvalue weighted by Crippen LogP contribution is 2.17. The van der Waals surface area contributed by atoms with Crippen LogP contribution in [0.1, 0.15) is 38.7 Å². The number of nitrogens with one attached hydrogen (secondary N) is 2. The minimum Gasteiger partial charge on any atom is -0.497 e. The summed E-state index contributed by atoms with van der Waals surface area (Å²) in [6.45, 7) is 10.8. The maximum absolute atomic E-state index is 5.21. The van der Waals surface area contributed by atoms with Crippen LogP contribution >= 0.6 is 24.0 Å². The van der Waals surface area contributed by atoms with Crippen LogP contribution in [-0.2, 0) is 6.42 Å². The fraction of sp³-hybridized carbons (Fsp3) is 0.667. The summed E-state index contributed by atoms with van der Waals surface area (Å²) in [5.74, 6) is 2.57. The van der Waals surface area contributed by atoms with Crippen LogP contribution in [0.2, 0.25) is 0 Å². The molecule has 6 heteroatoms. The maximum atomic E-state index is 5.21. The molecular formula is C21H37IN4O. The van der Waals surface area contributed by atoms with Gasteiger partial charge in [0, 0.05) is 19.6 Å². The third-order valence-corrected chi connectivity index (χ3v) is 4.96. The van der Waals surface area contributed by atoms with E-state index in [9.17, 15) is 0 Å². The third-order valence-electron chi connectivity index (χ3n) is 4.96. The van der Waals surface area contributed by atoms with Gasteiger partial charge in [0.15, 0.2) is 5.96 Å². The Labute approximate surface area is 182 Å². The quantitative estimate of drug-likeness (QED) is 0.317. The largest absolute Gasteiger partial charge is 0.497 e. The number of aliphatic imine (C=N–C) groups is 1. The Morgan fingerprint density at radius 3 is 2.44 bits per heavy atom. The van der Waals surface area contributed by atoms with Crippen molar-refractivity contribution in [1.29, 1.82) is 0 Å². The summed E-state index contributed by atoms with van der Waals surface area (Å²) in [4.78, 5) is 7.40. The van der Waals surface area contributed by atoms with Gasteiger partial charge < -0.3 is 20.3 Å². The van der Waals surface area contributed by atoms with Crippen LogP contribution in [0.3, 0.4) is 0 Å². The van der Waals surface area contributed by atoms with Crippen molar-refractivity contribution < 1.29 is 4.74 Å². The number of piperidine rings is 1. The molecule has 0 atom stereocenters. The second-order valence-electron chi connectivity index (χ2n) is 7.03. The monoisotopic (exact) mass is 488 g/mol. The highest BCUT2D eigenvalue weighted by Gasteiger charge is 2.18. The summed E-state index contributed by atoms with van der Waals surface area (Å²) in [6, 6.07) is 8.27. The first-order valence-corrected chi connectivity index (χ1v) is 10.1. The van der Waals surface area contributed by atoms with Gasteiger partial charge in [-0.05, 0) is 75.9 Å². The molecule has 0 aliphatic carbocycles. The summed E-state index contributed by atoms with van der Waals surface area (Å²) in [5, 5.41) is 6.83. The molecule has 1 aliphatic rings. The molecular weight excluding hydrogens is 451 g/mol. The van der Waals surface area contributed by atoms with E-state index in [1.807, 2.05) is 12.1 Å². The summed E-state index contributed by atoms with van der Waals surface area (Å²) in [6.07, 6.45) is 4.78. The van der Waals surface area contributed by atoms with Gasteiger partial charge >= 0.3 is 0 Å². The number of benzene rings is 1. The molecule has 0 saturated carbocycles. The van der Waals surface area contributed by atoms with Gasteiger partial charge in [-0.3, -0.25) is 4.99 Å². The van der Waals surface area contributed by atoms with Gasteiger partial charge in [0.05, 0.1) is 7.11 Å². The Kier molecular flexibility index (Phi) is 12.5. The lowest BCUT2D eigenvalue weighted by molar-refractivity contribution is 0.188. The Morgan fingerprint density at radius 1 is 1.15 bits per heavy atom.